The smallest absolute Gasteiger partial charge is 0.288 e. The average Bonchev–Trinajstić information content (AvgIpc) is 2.37. The maximum absolute atomic E-state index is 10.7. The predicted molar refractivity (Wildman–Crippen MR) is 75.4 cm³/mol. The largest absolute Gasteiger partial charge is 0.488 e. The Hall–Kier alpha value is -1.37. The second-order valence-electron chi connectivity index (χ2n) is 4.63. The van der Waals surface area contributed by atoms with Gasteiger partial charge in [0.25, 0.3) is 5.69 Å². The first kappa shape index (κ1) is 15.0. The molecule has 0 saturated heterocycles. The average molecular weight is 301 g/mol. The molecule has 3 atom stereocenters. The fraction of sp³-hybridized carbons (Fsp3) is 0.538. The van der Waals surface area contributed by atoms with Gasteiger partial charge in [0.15, 0.2) is 0 Å². The van der Waals surface area contributed by atoms with Crippen LogP contribution in [0.25, 0.3) is 0 Å². The van der Waals surface area contributed by atoms with E-state index >= 15 is 0 Å². The lowest BCUT2D eigenvalue weighted by Crippen LogP contribution is -2.60. The summed E-state index contributed by atoms with van der Waals surface area (Å²) in [6.45, 7) is 2.91. The van der Waals surface area contributed by atoms with Gasteiger partial charge in [0.1, 0.15) is 23.0 Å². The highest BCUT2D eigenvalue weighted by Crippen LogP contribution is 2.32. The van der Waals surface area contributed by atoms with Crippen LogP contribution in [0.2, 0.25) is 5.02 Å². The Labute approximate surface area is 122 Å². The number of nitro benzene ring substituents is 1. The Bertz CT molecular complexity index is 497. The van der Waals surface area contributed by atoms with Crippen molar-refractivity contribution >= 4 is 17.3 Å². The van der Waals surface area contributed by atoms with Crippen molar-refractivity contribution < 1.29 is 14.4 Å². The van der Waals surface area contributed by atoms with E-state index in [9.17, 15) is 10.1 Å². The van der Waals surface area contributed by atoms with E-state index in [1.54, 1.807) is 13.2 Å². The zero-order valence-corrected chi connectivity index (χ0v) is 12.1. The van der Waals surface area contributed by atoms with Crippen molar-refractivity contribution in [3.63, 3.8) is 0 Å². The summed E-state index contributed by atoms with van der Waals surface area (Å²) in [6.07, 6.45) is 0.742. The van der Waals surface area contributed by atoms with Gasteiger partial charge >= 0.3 is 0 Å². The van der Waals surface area contributed by atoms with Crippen LogP contribution in [-0.2, 0) is 4.74 Å². The topological polar surface area (TPSA) is 73.6 Å². The number of nitrogens with zero attached hydrogens (tertiary/aromatic N) is 1. The molecule has 0 amide bonds. The summed E-state index contributed by atoms with van der Waals surface area (Å²) in [4.78, 5) is 10.2. The van der Waals surface area contributed by atoms with E-state index in [1.807, 2.05) is 6.92 Å². The molecule has 0 heterocycles. The second kappa shape index (κ2) is 6.39. The number of rotatable bonds is 6. The summed E-state index contributed by atoms with van der Waals surface area (Å²) in [7, 11) is 1.65. The fourth-order valence-electron chi connectivity index (χ4n) is 2.36. The molecule has 3 unspecified atom stereocenters. The molecule has 1 saturated carbocycles. The highest BCUT2D eigenvalue weighted by Gasteiger charge is 2.42. The molecular formula is C13H17ClN2O4. The van der Waals surface area contributed by atoms with Crippen LogP contribution in [0.3, 0.4) is 0 Å². The third-order valence-electron chi connectivity index (χ3n) is 3.39. The molecule has 1 aliphatic carbocycles. The first-order valence-corrected chi connectivity index (χ1v) is 6.81. The van der Waals surface area contributed by atoms with E-state index in [2.05, 4.69) is 5.32 Å². The highest BCUT2D eigenvalue weighted by molar-refractivity contribution is 6.32. The molecule has 20 heavy (non-hydrogen) atoms. The van der Waals surface area contributed by atoms with Crippen molar-refractivity contribution in [2.24, 2.45) is 0 Å². The summed E-state index contributed by atoms with van der Waals surface area (Å²) >= 11 is 5.85. The van der Waals surface area contributed by atoms with Gasteiger partial charge in [-0.15, -0.1) is 0 Å². The number of hydrogen-bond acceptors (Lipinski definition) is 5. The third-order valence-corrected chi connectivity index (χ3v) is 3.69. The predicted octanol–water partition coefficient (Wildman–Crippen LogP) is 2.39. The van der Waals surface area contributed by atoms with Crippen LogP contribution in [0.1, 0.15) is 13.3 Å². The van der Waals surface area contributed by atoms with Gasteiger partial charge in [-0.05, 0) is 12.6 Å². The molecule has 0 bridgehead atoms. The van der Waals surface area contributed by atoms with Crippen molar-refractivity contribution in [2.75, 3.05) is 13.7 Å². The monoisotopic (exact) mass is 300 g/mol. The number of methoxy groups -OCH3 is 1. The molecule has 1 aliphatic rings. The number of nitrogens with one attached hydrogen (secondary N) is 1. The van der Waals surface area contributed by atoms with Crippen LogP contribution in [0.4, 0.5) is 5.69 Å². The molecule has 1 fully saturated rings. The van der Waals surface area contributed by atoms with E-state index in [1.165, 1.54) is 12.1 Å². The standard InChI is InChI=1S/C13H17ClN2O4/c1-3-15-10-7-12(13(10)19-2)20-8-4-5-11(16(17)18)9(14)6-8/h4-6,10,12-13,15H,3,7H2,1-2H3. The molecular weight excluding hydrogens is 284 g/mol. The van der Waals surface area contributed by atoms with Crippen LogP contribution in [0.15, 0.2) is 18.2 Å². The molecule has 0 radical (unpaired) electrons. The number of nitro groups is 1. The minimum Gasteiger partial charge on any atom is -0.488 e. The van der Waals surface area contributed by atoms with Gasteiger partial charge in [0.05, 0.1) is 4.92 Å². The van der Waals surface area contributed by atoms with Crippen LogP contribution >= 0.6 is 11.6 Å². The number of likely N-dealkylation sites (N-methyl/N-ethyl adjacent to an activating group) is 1. The van der Waals surface area contributed by atoms with Gasteiger partial charge in [0.2, 0.25) is 0 Å². The molecule has 0 aliphatic heterocycles. The summed E-state index contributed by atoms with van der Waals surface area (Å²) < 4.78 is 11.2. The number of hydrogen-bond donors (Lipinski definition) is 1. The molecule has 1 aromatic carbocycles. The van der Waals surface area contributed by atoms with Crippen molar-refractivity contribution in [3.8, 4) is 5.75 Å². The first-order valence-electron chi connectivity index (χ1n) is 6.43. The number of halogens is 1. The Morgan fingerprint density at radius 2 is 2.30 bits per heavy atom. The zero-order valence-electron chi connectivity index (χ0n) is 11.3. The lowest BCUT2D eigenvalue weighted by Gasteiger charge is -2.43. The molecule has 1 aromatic rings. The minimum atomic E-state index is -0.519. The van der Waals surface area contributed by atoms with Crippen LogP contribution in [0.5, 0.6) is 5.75 Å². The van der Waals surface area contributed by atoms with Gasteiger partial charge < -0.3 is 14.8 Å². The second-order valence-corrected chi connectivity index (χ2v) is 5.03. The lowest BCUT2D eigenvalue weighted by atomic mass is 9.85. The summed E-state index contributed by atoms with van der Waals surface area (Å²) in [6, 6.07) is 4.65. The van der Waals surface area contributed by atoms with Crippen molar-refractivity contribution in [1.82, 2.24) is 5.32 Å². The molecule has 6 nitrogen and oxygen atoms in total. The van der Waals surface area contributed by atoms with E-state index < -0.39 is 4.92 Å². The third kappa shape index (κ3) is 3.03. The number of ether oxygens (including phenoxy) is 2. The minimum absolute atomic E-state index is 0.0242. The Morgan fingerprint density at radius 1 is 1.55 bits per heavy atom. The van der Waals surface area contributed by atoms with Crippen LogP contribution in [-0.4, -0.2) is 36.8 Å². The van der Waals surface area contributed by atoms with Gasteiger partial charge in [-0.3, -0.25) is 10.1 Å². The van der Waals surface area contributed by atoms with Gasteiger partial charge in [-0.1, -0.05) is 18.5 Å². The Kier molecular flexibility index (Phi) is 4.80. The van der Waals surface area contributed by atoms with Crippen LogP contribution in [0, 0.1) is 10.1 Å². The van der Waals surface area contributed by atoms with Gasteiger partial charge in [0, 0.05) is 31.7 Å². The maximum Gasteiger partial charge on any atom is 0.288 e. The summed E-state index contributed by atoms with van der Waals surface area (Å²) in [5.41, 5.74) is -0.124. The molecule has 110 valence electrons. The Morgan fingerprint density at radius 3 is 2.85 bits per heavy atom. The van der Waals surface area contributed by atoms with Crippen LogP contribution < -0.4 is 10.1 Å². The SMILES string of the molecule is CCNC1CC(Oc2ccc([N+](=O)[O-])c(Cl)c2)C1OC. The van der Waals surface area contributed by atoms with E-state index in [0.29, 0.717) is 5.75 Å². The van der Waals surface area contributed by atoms with E-state index in [0.717, 1.165) is 13.0 Å². The van der Waals surface area contributed by atoms with Crippen molar-refractivity contribution in [2.45, 2.75) is 31.6 Å². The molecule has 0 spiro atoms. The fourth-order valence-corrected chi connectivity index (χ4v) is 2.60. The zero-order chi connectivity index (χ0) is 14.7. The summed E-state index contributed by atoms with van der Waals surface area (Å²) in [5, 5.41) is 14.1. The molecule has 7 heteroatoms. The quantitative estimate of drug-likeness (QED) is 0.645. The summed E-state index contributed by atoms with van der Waals surface area (Å²) in [5.74, 6) is 0.516. The van der Waals surface area contributed by atoms with Gasteiger partial charge in [-0.25, -0.2) is 0 Å². The molecule has 1 N–H and O–H groups in total. The van der Waals surface area contributed by atoms with Crippen molar-refractivity contribution in [3.05, 3.63) is 33.3 Å². The van der Waals surface area contributed by atoms with Gasteiger partial charge in [-0.2, -0.15) is 0 Å². The van der Waals surface area contributed by atoms with E-state index in [4.69, 9.17) is 21.1 Å². The normalized spacial score (nSPS) is 25.1. The van der Waals surface area contributed by atoms with Crippen molar-refractivity contribution in [1.29, 1.82) is 0 Å². The molecule has 0 aromatic heterocycles. The number of benzene rings is 1. The maximum atomic E-state index is 10.7. The Balaban J connectivity index is 2.01. The highest BCUT2D eigenvalue weighted by atomic mass is 35.5. The first-order chi connectivity index (χ1) is 9.56. The molecule has 2 rings (SSSR count). The van der Waals surface area contributed by atoms with E-state index in [-0.39, 0.29) is 29.0 Å². The lowest BCUT2D eigenvalue weighted by molar-refractivity contribution is -0.384.